The molecule has 0 spiro atoms. The topological polar surface area (TPSA) is 50.8 Å². The van der Waals surface area contributed by atoms with Gasteiger partial charge in [-0.1, -0.05) is 12.1 Å². The maximum absolute atomic E-state index is 12.1. The summed E-state index contributed by atoms with van der Waals surface area (Å²) >= 11 is 0. The number of ether oxygens (including phenoxy) is 2. The fraction of sp³-hybridized carbons (Fsp3) is 0.588. The summed E-state index contributed by atoms with van der Waals surface area (Å²) in [5.74, 6) is 0.848. The Balaban J connectivity index is 1.93. The molecule has 1 atom stereocenters. The summed E-state index contributed by atoms with van der Waals surface area (Å²) in [4.78, 5) is 13.8. The van der Waals surface area contributed by atoms with Crippen molar-refractivity contribution in [3.05, 3.63) is 24.3 Å². The van der Waals surface area contributed by atoms with Gasteiger partial charge in [-0.05, 0) is 46.2 Å². The van der Waals surface area contributed by atoms with Crippen LogP contribution in [0.2, 0.25) is 0 Å². The van der Waals surface area contributed by atoms with Gasteiger partial charge in [0.1, 0.15) is 11.4 Å². The molecule has 0 bridgehead atoms. The highest BCUT2D eigenvalue weighted by atomic mass is 16.6. The van der Waals surface area contributed by atoms with E-state index in [0.29, 0.717) is 19.7 Å². The number of para-hydroxylation sites is 2. The SMILES string of the molecule is CCOc1ccccc1NC1CCN(C(=O)OC(C)(C)C)C1. The summed E-state index contributed by atoms with van der Waals surface area (Å²) in [7, 11) is 0. The predicted octanol–water partition coefficient (Wildman–Crippen LogP) is 3.51. The molecule has 0 saturated carbocycles. The van der Waals surface area contributed by atoms with Crippen LogP contribution < -0.4 is 10.1 Å². The highest BCUT2D eigenvalue weighted by molar-refractivity contribution is 5.69. The second-order valence-corrected chi connectivity index (χ2v) is 6.49. The number of nitrogens with zero attached hydrogens (tertiary/aromatic N) is 1. The summed E-state index contributed by atoms with van der Waals surface area (Å²) in [6.45, 7) is 9.61. The molecule has 1 fully saturated rings. The third kappa shape index (κ3) is 4.55. The first-order chi connectivity index (χ1) is 10.4. The number of carbonyl (C=O) groups excluding carboxylic acids is 1. The zero-order chi connectivity index (χ0) is 16.2. The van der Waals surface area contributed by atoms with Crippen LogP contribution >= 0.6 is 0 Å². The maximum atomic E-state index is 12.1. The van der Waals surface area contributed by atoms with Crippen LogP contribution in [0.1, 0.15) is 34.1 Å². The van der Waals surface area contributed by atoms with E-state index in [1.165, 1.54) is 0 Å². The lowest BCUT2D eigenvalue weighted by Gasteiger charge is -2.24. The molecular formula is C17H26N2O3. The zero-order valence-electron chi connectivity index (χ0n) is 13.9. The van der Waals surface area contributed by atoms with Crippen LogP contribution in [-0.4, -0.2) is 42.3 Å². The molecule has 1 aliphatic heterocycles. The lowest BCUT2D eigenvalue weighted by atomic mass is 10.2. The molecule has 1 saturated heterocycles. The molecule has 1 N–H and O–H groups in total. The van der Waals surface area contributed by atoms with Gasteiger partial charge < -0.3 is 19.7 Å². The van der Waals surface area contributed by atoms with Crippen LogP contribution in [0.5, 0.6) is 5.75 Å². The van der Waals surface area contributed by atoms with Gasteiger partial charge in [0.05, 0.1) is 12.3 Å². The van der Waals surface area contributed by atoms with Crippen LogP contribution in [0, 0.1) is 0 Å². The van der Waals surface area contributed by atoms with E-state index >= 15 is 0 Å². The average Bonchev–Trinajstić information content (AvgIpc) is 2.88. The second-order valence-electron chi connectivity index (χ2n) is 6.49. The van der Waals surface area contributed by atoms with Gasteiger partial charge in [0.25, 0.3) is 0 Å². The summed E-state index contributed by atoms with van der Waals surface area (Å²) < 4.78 is 11.0. The van der Waals surface area contributed by atoms with E-state index in [4.69, 9.17) is 9.47 Å². The van der Waals surface area contributed by atoms with Gasteiger partial charge in [-0.2, -0.15) is 0 Å². The molecule has 0 aromatic heterocycles. The molecule has 0 radical (unpaired) electrons. The molecule has 2 rings (SSSR count). The lowest BCUT2D eigenvalue weighted by Crippen LogP contribution is -2.36. The molecule has 1 amide bonds. The number of likely N-dealkylation sites (tertiary alicyclic amines) is 1. The van der Waals surface area contributed by atoms with Gasteiger partial charge in [0.2, 0.25) is 0 Å². The van der Waals surface area contributed by atoms with Crippen molar-refractivity contribution in [3.8, 4) is 5.75 Å². The van der Waals surface area contributed by atoms with E-state index in [-0.39, 0.29) is 12.1 Å². The summed E-state index contributed by atoms with van der Waals surface area (Å²) in [5, 5.41) is 3.47. The highest BCUT2D eigenvalue weighted by Gasteiger charge is 2.30. The van der Waals surface area contributed by atoms with Crippen LogP contribution in [0.4, 0.5) is 10.5 Å². The standard InChI is InChI=1S/C17H26N2O3/c1-5-21-15-9-7-6-8-14(15)18-13-10-11-19(12-13)16(20)22-17(2,3)4/h6-9,13,18H,5,10-12H2,1-4H3. The fourth-order valence-corrected chi connectivity index (χ4v) is 2.46. The second kappa shape index (κ2) is 6.90. The zero-order valence-corrected chi connectivity index (χ0v) is 13.9. The Morgan fingerprint density at radius 1 is 1.36 bits per heavy atom. The Hall–Kier alpha value is -1.91. The number of anilines is 1. The van der Waals surface area contributed by atoms with Crippen LogP contribution in [-0.2, 0) is 4.74 Å². The quantitative estimate of drug-likeness (QED) is 0.925. The van der Waals surface area contributed by atoms with Gasteiger partial charge in [-0.25, -0.2) is 4.79 Å². The van der Waals surface area contributed by atoms with E-state index < -0.39 is 5.60 Å². The highest BCUT2D eigenvalue weighted by Crippen LogP contribution is 2.26. The van der Waals surface area contributed by atoms with Crippen molar-refractivity contribution < 1.29 is 14.3 Å². The predicted molar refractivity (Wildman–Crippen MR) is 87.4 cm³/mol. The first-order valence-electron chi connectivity index (χ1n) is 7.85. The lowest BCUT2D eigenvalue weighted by molar-refractivity contribution is 0.0293. The van der Waals surface area contributed by atoms with E-state index in [2.05, 4.69) is 5.32 Å². The number of hydrogen-bond donors (Lipinski definition) is 1. The number of amides is 1. The minimum absolute atomic E-state index is 0.217. The van der Waals surface area contributed by atoms with E-state index in [9.17, 15) is 4.79 Å². The Bertz CT molecular complexity index is 511. The van der Waals surface area contributed by atoms with E-state index in [0.717, 1.165) is 17.9 Å². The molecule has 22 heavy (non-hydrogen) atoms. The number of rotatable bonds is 4. The first kappa shape index (κ1) is 16.5. The molecule has 122 valence electrons. The van der Waals surface area contributed by atoms with Crippen molar-refractivity contribution in [2.45, 2.75) is 45.8 Å². The third-order valence-electron chi connectivity index (χ3n) is 3.39. The number of benzene rings is 1. The Labute approximate surface area is 132 Å². The van der Waals surface area contributed by atoms with Crippen molar-refractivity contribution >= 4 is 11.8 Å². The molecule has 1 heterocycles. The Morgan fingerprint density at radius 2 is 2.09 bits per heavy atom. The molecule has 0 aliphatic carbocycles. The molecule has 1 aliphatic rings. The van der Waals surface area contributed by atoms with Crippen LogP contribution in [0.3, 0.4) is 0 Å². The molecule has 1 unspecified atom stereocenters. The summed E-state index contributed by atoms with van der Waals surface area (Å²) in [5.41, 5.74) is 0.518. The largest absolute Gasteiger partial charge is 0.492 e. The molecule has 5 nitrogen and oxygen atoms in total. The van der Waals surface area contributed by atoms with Crippen molar-refractivity contribution in [1.82, 2.24) is 4.90 Å². The van der Waals surface area contributed by atoms with E-state index in [1.807, 2.05) is 52.0 Å². The van der Waals surface area contributed by atoms with Gasteiger partial charge in [0.15, 0.2) is 0 Å². The third-order valence-corrected chi connectivity index (χ3v) is 3.39. The Kier molecular flexibility index (Phi) is 5.16. The number of nitrogens with one attached hydrogen (secondary N) is 1. The monoisotopic (exact) mass is 306 g/mol. The van der Waals surface area contributed by atoms with Crippen LogP contribution in [0.15, 0.2) is 24.3 Å². The summed E-state index contributed by atoms with van der Waals surface area (Å²) in [6, 6.07) is 8.10. The first-order valence-corrected chi connectivity index (χ1v) is 7.85. The van der Waals surface area contributed by atoms with Gasteiger partial charge in [0, 0.05) is 19.1 Å². The number of hydrogen-bond acceptors (Lipinski definition) is 4. The minimum Gasteiger partial charge on any atom is -0.492 e. The van der Waals surface area contributed by atoms with E-state index in [1.54, 1.807) is 4.90 Å². The normalized spacial score (nSPS) is 18.2. The molecule has 1 aromatic rings. The average molecular weight is 306 g/mol. The number of carbonyl (C=O) groups is 1. The smallest absolute Gasteiger partial charge is 0.410 e. The molecule has 5 heteroatoms. The van der Waals surface area contributed by atoms with Crippen LogP contribution in [0.25, 0.3) is 0 Å². The van der Waals surface area contributed by atoms with Crippen molar-refractivity contribution in [2.75, 3.05) is 25.0 Å². The summed E-state index contributed by atoms with van der Waals surface area (Å²) in [6.07, 6.45) is 0.662. The Morgan fingerprint density at radius 3 is 2.77 bits per heavy atom. The fourth-order valence-electron chi connectivity index (χ4n) is 2.46. The van der Waals surface area contributed by atoms with Crippen molar-refractivity contribution in [3.63, 3.8) is 0 Å². The van der Waals surface area contributed by atoms with Gasteiger partial charge >= 0.3 is 6.09 Å². The maximum Gasteiger partial charge on any atom is 0.410 e. The minimum atomic E-state index is -0.454. The van der Waals surface area contributed by atoms with Crippen molar-refractivity contribution in [1.29, 1.82) is 0 Å². The van der Waals surface area contributed by atoms with Gasteiger partial charge in [-0.3, -0.25) is 0 Å². The molecular weight excluding hydrogens is 280 g/mol. The molecule has 1 aromatic carbocycles. The van der Waals surface area contributed by atoms with Gasteiger partial charge in [-0.15, -0.1) is 0 Å². The van der Waals surface area contributed by atoms with Crippen molar-refractivity contribution in [2.24, 2.45) is 0 Å².